The van der Waals surface area contributed by atoms with Crippen molar-refractivity contribution in [3.63, 3.8) is 0 Å². The molecule has 8 N–H and O–H groups in total. The van der Waals surface area contributed by atoms with Crippen LogP contribution in [0.1, 0.15) is 89.2 Å². The first kappa shape index (κ1) is 51.1. The molecule has 3 heterocycles. The molecule has 3 aliphatic heterocycles. The van der Waals surface area contributed by atoms with E-state index in [1.54, 1.807) is 27.9 Å². The van der Waals surface area contributed by atoms with Gasteiger partial charge in [-0.05, 0) is 103 Å². The predicted molar refractivity (Wildman–Crippen MR) is 248 cm³/mol. The number of hydrogen-bond acceptors (Lipinski definition) is 10. The summed E-state index contributed by atoms with van der Waals surface area (Å²) in [7, 11) is 3.28. The molecule has 0 radical (unpaired) electrons. The van der Waals surface area contributed by atoms with Crippen molar-refractivity contribution >= 4 is 47.3 Å². The Kier molecular flexibility index (Phi) is 19.9. The Morgan fingerprint density at radius 2 is 0.924 bits per heavy atom. The molecule has 360 valence electrons. The van der Waals surface area contributed by atoms with Gasteiger partial charge in [0, 0.05) is 39.0 Å². The molecule has 18 heteroatoms. The van der Waals surface area contributed by atoms with Crippen LogP contribution in [0, 0.1) is 0 Å². The molecule has 0 spiro atoms. The summed E-state index contributed by atoms with van der Waals surface area (Å²) in [4.78, 5) is 114. The van der Waals surface area contributed by atoms with E-state index in [0.717, 1.165) is 11.1 Å². The second-order valence-electron chi connectivity index (χ2n) is 17.6. The highest BCUT2D eigenvalue weighted by Gasteiger charge is 2.41. The van der Waals surface area contributed by atoms with Crippen molar-refractivity contribution in [2.75, 3.05) is 40.3 Å². The highest BCUT2D eigenvalue weighted by molar-refractivity contribution is 5.96. The number of benzene rings is 2. The van der Waals surface area contributed by atoms with Crippen LogP contribution in [0.25, 0.3) is 0 Å². The fraction of sp³-hybridized carbons (Fsp3) is 0.583. The van der Waals surface area contributed by atoms with Gasteiger partial charge >= 0.3 is 0 Å². The first-order chi connectivity index (χ1) is 31.8. The first-order valence-electron chi connectivity index (χ1n) is 23.6. The molecule has 3 aliphatic rings. The molecule has 8 atom stereocenters. The zero-order valence-electron chi connectivity index (χ0n) is 38.9. The second-order valence-corrected chi connectivity index (χ2v) is 17.6. The summed E-state index contributed by atoms with van der Waals surface area (Å²) < 4.78 is 0. The van der Waals surface area contributed by atoms with Crippen LogP contribution >= 0.6 is 0 Å². The summed E-state index contributed by atoms with van der Waals surface area (Å²) in [5.41, 5.74) is 1.64. The molecule has 0 bridgehead atoms. The molecule has 5 rings (SSSR count). The van der Waals surface area contributed by atoms with Gasteiger partial charge in [0.1, 0.15) is 36.3 Å². The summed E-state index contributed by atoms with van der Waals surface area (Å²) in [6.07, 6.45) is 4.41. The molecule has 0 aromatic heterocycles. The Hall–Kier alpha value is -5.88. The van der Waals surface area contributed by atoms with Gasteiger partial charge in [0.25, 0.3) is 0 Å². The topological polar surface area (TPSA) is 239 Å². The number of nitrogens with zero attached hydrogens (tertiary/aromatic N) is 2. The van der Waals surface area contributed by atoms with Crippen LogP contribution < -0.4 is 42.5 Å². The third-order valence-corrected chi connectivity index (χ3v) is 12.8. The number of amides is 8. The zero-order chi connectivity index (χ0) is 47.6. The van der Waals surface area contributed by atoms with E-state index in [4.69, 9.17) is 0 Å². The standard InChI is InChI=1S/C48H70N10O8/c1-31(49-3)41(59)53-35-21-11-13-25-51-43(61)38(30-34-19-9-6-10-20-34)56-46(64)40-24-16-28-58(40)48(66)36(54-42(60)32(2)50-4)22-12-14-26-52-44(62)37(29-33-17-7-5-8-18-33)55-45(63)39-23-15-27-57(39)47(35)65/h5-10,17-20,31-32,35-40,49-50H,11-16,21-30H2,1-4H3,(H,51,61)(H,52,62)(H,53,59)(H,54,60)(H,55,63)(H,56,64)/t31-,32-,35-,36-,37-,38-,39-,40?/m0/s1. The van der Waals surface area contributed by atoms with Gasteiger partial charge in [0.2, 0.25) is 47.3 Å². The molecule has 1 unspecified atom stereocenters. The van der Waals surface area contributed by atoms with Crippen molar-refractivity contribution < 1.29 is 38.4 Å². The largest absolute Gasteiger partial charge is 0.354 e. The van der Waals surface area contributed by atoms with Crippen LogP contribution in [0.2, 0.25) is 0 Å². The lowest BCUT2D eigenvalue weighted by molar-refractivity contribution is -0.142. The molecule has 2 aromatic carbocycles. The maximum Gasteiger partial charge on any atom is 0.245 e. The van der Waals surface area contributed by atoms with Gasteiger partial charge in [-0.1, -0.05) is 60.7 Å². The highest BCUT2D eigenvalue weighted by Crippen LogP contribution is 2.23. The minimum Gasteiger partial charge on any atom is -0.354 e. The molecular formula is C48H70N10O8. The fourth-order valence-electron chi connectivity index (χ4n) is 8.65. The smallest absolute Gasteiger partial charge is 0.245 e. The number of likely N-dealkylation sites (N-methyl/N-ethyl adjacent to an activating group) is 2. The van der Waals surface area contributed by atoms with Crippen molar-refractivity contribution in [1.82, 2.24) is 52.3 Å². The summed E-state index contributed by atoms with van der Waals surface area (Å²) >= 11 is 0. The average Bonchev–Trinajstić information content (AvgIpc) is 4.03. The number of carbonyl (C=O) groups is 8. The number of carbonyl (C=O) groups excluding carboxylic acids is 8. The molecule has 8 amide bonds. The minimum absolute atomic E-state index is 0.194. The van der Waals surface area contributed by atoms with Crippen LogP contribution in [-0.4, -0.2) is 146 Å². The van der Waals surface area contributed by atoms with Gasteiger partial charge in [-0.25, -0.2) is 0 Å². The summed E-state index contributed by atoms with van der Waals surface area (Å²) in [6.45, 7) is 4.36. The van der Waals surface area contributed by atoms with Gasteiger partial charge in [-0.15, -0.1) is 0 Å². The lowest BCUT2D eigenvalue weighted by Gasteiger charge is -2.31. The molecule has 0 aliphatic carbocycles. The number of hydrogen-bond donors (Lipinski definition) is 8. The van der Waals surface area contributed by atoms with Crippen molar-refractivity contribution in [1.29, 1.82) is 0 Å². The highest BCUT2D eigenvalue weighted by atomic mass is 16.2. The Morgan fingerprint density at radius 1 is 0.545 bits per heavy atom. The van der Waals surface area contributed by atoms with E-state index in [1.165, 1.54) is 9.80 Å². The van der Waals surface area contributed by atoms with E-state index >= 15 is 0 Å². The maximum atomic E-state index is 14.3. The lowest BCUT2D eigenvalue weighted by atomic mass is 10.0. The van der Waals surface area contributed by atoms with Crippen molar-refractivity contribution in [2.24, 2.45) is 0 Å². The molecular weight excluding hydrogens is 845 g/mol. The van der Waals surface area contributed by atoms with Crippen LogP contribution in [0.3, 0.4) is 0 Å². The molecule has 3 fully saturated rings. The SMILES string of the molecule is CN[C@@H](C)C(=O)N[C@H]1CCCCNC(=O)[C@H](Cc2ccccc2)NC(=O)[C@@H]2CCCN2C(=O)[C@@H](NC(=O)[C@H](C)NC)CCCCNC(=O)[C@H](Cc2ccccc2)NC(=O)C2CCCN2C1=O. The van der Waals surface area contributed by atoms with Gasteiger partial charge in [0.15, 0.2) is 0 Å². The Labute approximate surface area is 388 Å². The van der Waals surface area contributed by atoms with Gasteiger partial charge in [0.05, 0.1) is 12.1 Å². The number of nitrogens with one attached hydrogen (secondary N) is 8. The Morgan fingerprint density at radius 3 is 1.29 bits per heavy atom. The predicted octanol–water partition coefficient (Wildman–Crippen LogP) is 0.195. The minimum atomic E-state index is -0.972. The van der Waals surface area contributed by atoms with Gasteiger partial charge in [-0.2, -0.15) is 0 Å². The third kappa shape index (κ3) is 14.6. The number of rotatable bonds is 10. The molecule has 18 nitrogen and oxygen atoms in total. The molecule has 66 heavy (non-hydrogen) atoms. The zero-order valence-corrected chi connectivity index (χ0v) is 38.9. The van der Waals surface area contributed by atoms with Crippen molar-refractivity contribution in [3.8, 4) is 0 Å². The Balaban J connectivity index is 1.41. The van der Waals surface area contributed by atoms with E-state index in [2.05, 4.69) is 42.5 Å². The molecule has 2 aromatic rings. The van der Waals surface area contributed by atoms with Crippen LogP contribution in [0.5, 0.6) is 0 Å². The monoisotopic (exact) mass is 915 g/mol. The van der Waals surface area contributed by atoms with E-state index < -0.39 is 83.8 Å². The van der Waals surface area contributed by atoms with Crippen LogP contribution in [0.4, 0.5) is 0 Å². The third-order valence-electron chi connectivity index (χ3n) is 12.8. The first-order valence-corrected chi connectivity index (χ1v) is 23.6. The normalized spacial score (nSPS) is 25.6. The van der Waals surface area contributed by atoms with E-state index in [1.807, 2.05) is 60.7 Å². The van der Waals surface area contributed by atoms with Gasteiger partial charge < -0.3 is 52.3 Å². The van der Waals surface area contributed by atoms with Gasteiger partial charge in [-0.3, -0.25) is 38.4 Å². The second kappa shape index (κ2) is 25.7. The summed E-state index contributed by atoms with van der Waals surface area (Å²) in [5, 5.41) is 23.3. The van der Waals surface area contributed by atoms with Crippen molar-refractivity contribution in [3.05, 3.63) is 71.8 Å². The maximum absolute atomic E-state index is 14.3. The number of fused-ring (bicyclic) bond motifs is 2. The van der Waals surface area contributed by atoms with E-state index in [-0.39, 0.29) is 50.6 Å². The van der Waals surface area contributed by atoms with Crippen molar-refractivity contribution in [2.45, 2.75) is 139 Å². The lowest BCUT2D eigenvalue weighted by Crippen LogP contribution is -2.58. The van der Waals surface area contributed by atoms with Crippen LogP contribution in [-0.2, 0) is 51.2 Å². The van der Waals surface area contributed by atoms with Crippen LogP contribution in [0.15, 0.2) is 60.7 Å². The van der Waals surface area contributed by atoms with E-state index in [9.17, 15) is 38.4 Å². The van der Waals surface area contributed by atoms with E-state index in [0.29, 0.717) is 64.5 Å². The Bertz CT molecular complexity index is 1830. The molecule has 3 saturated heterocycles. The quantitative estimate of drug-likeness (QED) is 0.161. The summed E-state index contributed by atoms with van der Waals surface area (Å²) in [6, 6.07) is 11.8. The summed E-state index contributed by atoms with van der Waals surface area (Å²) in [5.74, 6) is -3.34. The average molecular weight is 915 g/mol. The molecule has 0 saturated carbocycles. The fourth-order valence-corrected chi connectivity index (χ4v) is 8.65.